The maximum absolute atomic E-state index is 12.0. The van der Waals surface area contributed by atoms with Crippen LogP contribution >= 0.6 is 11.8 Å². The Balaban J connectivity index is 1.99. The van der Waals surface area contributed by atoms with Gasteiger partial charge in [-0.05, 0) is 24.3 Å². The second-order valence-corrected chi connectivity index (χ2v) is 5.65. The molecule has 2 saturated heterocycles. The van der Waals surface area contributed by atoms with Crippen molar-refractivity contribution in [3.8, 4) is 0 Å². The van der Waals surface area contributed by atoms with Gasteiger partial charge in [0.25, 0.3) is 5.91 Å². The van der Waals surface area contributed by atoms with Gasteiger partial charge in [0, 0.05) is 0 Å². The zero-order chi connectivity index (χ0) is 13.0. The molecule has 7 heteroatoms. The number of hydrogen-bond donors (Lipinski definition) is 2. The lowest BCUT2D eigenvalue weighted by Crippen LogP contribution is -2.59. The first-order valence-electron chi connectivity index (χ1n) is 5.96. The number of carbonyl (C=O) groups excluding carboxylic acids is 1. The number of nitrogens with one attached hydrogen (secondary N) is 1. The molecule has 0 aromatic rings. The Kier molecular flexibility index (Phi) is 4.47. The molecule has 1 atom stereocenters. The van der Waals surface area contributed by atoms with Crippen molar-refractivity contribution in [3.05, 3.63) is 0 Å². The van der Waals surface area contributed by atoms with Crippen LogP contribution in [-0.4, -0.2) is 60.0 Å². The Morgan fingerprint density at radius 2 is 2.00 bits per heavy atom. The Morgan fingerprint density at radius 3 is 2.56 bits per heavy atom. The lowest BCUT2D eigenvalue weighted by Gasteiger charge is -2.35. The van der Waals surface area contributed by atoms with Crippen molar-refractivity contribution in [3.63, 3.8) is 0 Å². The van der Waals surface area contributed by atoms with Crippen molar-refractivity contribution in [2.45, 2.75) is 24.5 Å². The van der Waals surface area contributed by atoms with Gasteiger partial charge >= 0.3 is 5.97 Å². The Hall–Kier alpha value is -0.790. The number of aliphatic carboxylic acids is 1. The molecule has 2 aliphatic heterocycles. The highest BCUT2D eigenvalue weighted by molar-refractivity contribution is 7.99. The van der Waals surface area contributed by atoms with Crippen molar-refractivity contribution >= 4 is 23.6 Å². The quantitative estimate of drug-likeness (QED) is 0.746. The van der Waals surface area contributed by atoms with Crippen LogP contribution in [0, 0.1) is 0 Å². The molecule has 0 saturated carbocycles. The molecular weight excluding hydrogens is 258 g/mol. The number of amides is 1. The fourth-order valence-corrected chi connectivity index (χ4v) is 3.26. The predicted molar refractivity (Wildman–Crippen MR) is 65.6 cm³/mol. The van der Waals surface area contributed by atoms with E-state index in [0.717, 1.165) is 11.5 Å². The van der Waals surface area contributed by atoms with Crippen molar-refractivity contribution in [1.29, 1.82) is 0 Å². The highest BCUT2D eigenvalue weighted by Gasteiger charge is 2.42. The van der Waals surface area contributed by atoms with Crippen LogP contribution in [0.4, 0.5) is 0 Å². The summed E-state index contributed by atoms with van der Waals surface area (Å²) < 4.78 is 10.4. The number of carboxylic acids is 1. The first-order valence-corrected chi connectivity index (χ1v) is 7.12. The SMILES string of the molecule is O=C(NC1(C(=O)O)CCSCC1)C1COCCO1. The van der Waals surface area contributed by atoms with Gasteiger partial charge in [-0.1, -0.05) is 0 Å². The van der Waals surface area contributed by atoms with Crippen LogP contribution in [0.25, 0.3) is 0 Å². The molecule has 1 unspecified atom stereocenters. The van der Waals surface area contributed by atoms with Gasteiger partial charge in [-0.15, -0.1) is 0 Å². The standard InChI is InChI=1S/C11H17NO5S/c13-9(8-7-16-3-4-17-8)12-11(10(14)15)1-5-18-6-2-11/h8H,1-7H2,(H,12,13)(H,14,15). The van der Waals surface area contributed by atoms with Gasteiger partial charge in [0.2, 0.25) is 0 Å². The topological polar surface area (TPSA) is 84.9 Å². The molecule has 0 aromatic heterocycles. The molecule has 2 rings (SSSR count). The van der Waals surface area contributed by atoms with Gasteiger partial charge in [0.15, 0.2) is 6.10 Å². The molecule has 0 radical (unpaired) electrons. The minimum atomic E-state index is -1.14. The van der Waals surface area contributed by atoms with Crippen LogP contribution in [0.2, 0.25) is 0 Å². The predicted octanol–water partition coefficient (Wildman–Crippen LogP) is -0.132. The van der Waals surface area contributed by atoms with Gasteiger partial charge < -0.3 is 19.9 Å². The smallest absolute Gasteiger partial charge is 0.329 e. The van der Waals surface area contributed by atoms with Crippen molar-refractivity contribution < 1.29 is 24.2 Å². The lowest BCUT2D eigenvalue weighted by atomic mass is 9.92. The molecule has 1 amide bonds. The van der Waals surface area contributed by atoms with Gasteiger partial charge in [0.05, 0.1) is 19.8 Å². The summed E-state index contributed by atoms with van der Waals surface area (Å²) in [5.74, 6) is 0.139. The molecule has 18 heavy (non-hydrogen) atoms. The number of thioether (sulfide) groups is 1. The Labute approximate surface area is 109 Å². The molecular formula is C11H17NO5S. The second kappa shape index (κ2) is 5.90. The second-order valence-electron chi connectivity index (χ2n) is 4.42. The maximum atomic E-state index is 12.0. The average Bonchev–Trinajstić information content (AvgIpc) is 2.40. The van der Waals surface area contributed by atoms with Gasteiger partial charge in [-0.2, -0.15) is 11.8 Å². The Bertz CT molecular complexity index is 323. The molecule has 2 heterocycles. The van der Waals surface area contributed by atoms with Crippen molar-refractivity contribution in [2.24, 2.45) is 0 Å². The summed E-state index contributed by atoms with van der Waals surface area (Å²) in [4.78, 5) is 23.4. The number of hydrogen-bond acceptors (Lipinski definition) is 5. The fourth-order valence-electron chi connectivity index (χ4n) is 2.07. The van der Waals surface area contributed by atoms with E-state index in [1.165, 1.54) is 0 Å². The number of ether oxygens (including phenoxy) is 2. The minimum Gasteiger partial charge on any atom is -0.480 e. The summed E-state index contributed by atoms with van der Waals surface area (Å²) >= 11 is 1.71. The van der Waals surface area contributed by atoms with E-state index in [4.69, 9.17) is 9.47 Å². The van der Waals surface area contributed by atoms with Gasteiger partial charge in [-0.3, -0.25) is 4.79 Å². The molecule has 2 fully saturated rings. The van der Waals surface area contributed by atoms with Crippen LogP contribution in [0.5, 0.6) is 0 Å². The third-order valence-electron chi connectivity index (χ3n) is 3.23. The van der Waals surface area contributed by atoms with E-state index < -0.39 is 17.6 Å². The highest BCUT2D eigenvalue weighted by Crippen LogP contribution is 2.27. The van der Waals surface area contributed by atoms with Crippen LogP contribution in [0.1, 0.15) is 12.8 Å². The summed E-state index contributed by atoms with van der Waals surface area (Å²) in [5.41, 5.74) is -1.14. The summed E-state index contributed by atoms with van der Waals surface area (Å²) in [6, 6.07) is 0. The van der Waals surface area contributed by atoms with E-state index in [9.17, 15) is 14.7 Å². The van der Waals surface area contributed by atoms with Crippen LogP contribution in [0.15, 0.2) is 0 Å². The van der Waals surface area contributed by atoms with E-state index >= 15 is 0 Å². The van der Waals surface area contributed by atoms with E-state index in [1.807, 2.05) is 0 Å². The van der Waals surface area contributed by atoms with E-state index in [1.54, 1.807) is 11.8 Å². The summed E-state index contributed by atoms with van der Waals surface area (Å²) in [6.45, 7) is 1.04. The van der Waals surface area contributed by atoms with E-state index in [-0.39, 0.29) is 12.5 Å². The number of carboxylic acid groups (broad SMARTS) is 1. The van der Waals surface area contributed by atoms with Crippen molar-refractivity contribution in [2.75, 3.05) is 31.3 Å². The number of carbonyl (C=O) groups is 2. The zero-order valence-electron chi connectivity index (χ0n) is 10.0. The van der Waals surface area contributed by atoms with Crippen molar-refractivity contribution in [1.82, 2.24) is 5.32 Å². The molecule has 0 aromatic carbocycles. The molecule has 2 aliphatic rings. The van der Waals surface area contributed by atoms with Crippen LogP contribution in [-0.2, 0) is 19.1 Å². The van der Waals surface area contributed by atoms with E-state index in [0.29, 0.717) is 26.1 Å². The van der Waals surface area contributed by atoms with Gasteiger partial charge in [0.1, 0.15) is 5.54 Å². The Morgan fingerprint density at radius 1 is 1.28 bits per heavy atom. The molecule has 2 N–H and O–H groups in total. The third kappa shape index (κ3) is 2.96. The number of rotatable bonds is 3. The molecule has 102 valence electrons. The molecule has 0 bridgehead atoms. The van der Waals surface area contributed by atoms with Crippen LogP contribution in [0.3, 0.4) is 0 Å². The summed E-state index contributed by atoms with van der Waals surface area (Å²) in [5, 5.41) is 12.0. The average molecular weight is 275 g/mol. The normalized spacial score (nSPS) is 27.4. The van der Waals surface area contributed by atoms with E-state index in [2.05, 4.69) is 5.32 Å². The van der Waals surface area contributed by atoms with Gasteiger partial charge in [-0.25, -0.2) is 4.79 Å². The largest absolute Gasteiger partial charge is 0.480 e. The summed E-state index contributed by atoms with van der Waals surface area (Å²) in [6.07, 6.45) is 0.211. The third-order valence-corrected chi connectivity index (χ3v) is 4.21. The first-order chi connectivity index (χ1) is 8.64. The zero-order valence-corrected chi connectivity index (χ0v) is 10.8. The fraction of sp³-hybridized carbons (Fsp3) is 0.818. The monoisotopic (exact) mass is 275 g/mol. The molecule has 0 aliphatic carbocycles. The van der Waals surface area contributed by atoms with Crippen LogP contribution < -0.4 is 5.32 Å². The maximum Gasteiger partial charge on any atom is 0.329 e. The minimum absolute atomic E-state index is 0.191. The summed E-state index contributed by atoms with van der Waals surface area (Å²) in [7, 11) is 0. The lowest BCUT2D eigenvalue weighted by molar-refractivity contribution is -0.156. The first kappa shape index (κ1) is 13.6. The molecule has 0 spiro atoms. The highest BCUT2D eigenvalue weighted by atomic mass is 32.2. The molecule has 6 nitrogen and oxygen atoms in total.